The van der Waals surface area contributed by atoms with Gasteiger partial charge in [-0.05, 0) is 74.1 Å². The number of nitrogens with zero attached hydrogens (tertiary/aromatic N) is 4. The van der Waals surface area contributed by atoms with E-state index in [4.69, 9.17) is 14.2 Å². The smallest absolute Gasteiger partial charge is 0.411 e. The van der Waals surface area contributed by atoms with Gasteiger partial charge in [0.25, 0.3) is 0 Å². The molecular formula is C32H36N4O4. The molecular weight excluding hydrogens is 504 g/mol. The molecule has 0 fully saturated rings. The molecule has 0 aliphatic carbocycles. The lowest BCUT2D eigenvalue weighted by molar-refractivity contribution is 0.0185. The number of ether oxygens (including phenoxy) is 3. The lowest BCUT2D eigenvalue weighted by atomic mass is 9.91. The van der Waals surface area contributed by atoms with E-state index in [9.17, 15) is 4.79 Å². The van der Waals surface area contributed by atoms with Crippen molar-refractivity contribution in [1.29, 1.82) is 0 Å². The molecule has 0 saturated heterocycles. The van der Waals surface area contributed by atoms with Crippen molar-refractivity contribution in [2.75, 3.05) is 13.7 Å². The second-order valence-corrected chi connectivity index (χ2v) is 10.9. The molecule has 5 rings (SSSR count). The number of carbonyl (C=O) groups excluding carboxylic acids is 1. The maximum Gasteiger partial charge on any atom is 0.411 e. The van der Waals surface area contributed by atoms with Gasteiger partial charge >= 0.3 is 6.09 Å². The Hall–Kier alpha value is -4.33. The summed E-state index contributed by atoms with van der Waals surface area (Å²) in [5, 5.41) is 0. The Balaban J connectivity index is 1.51. The summed E-state index contributed by atoms with van der Waals surface area (Å²) in [6, 6.07) is 13.7. The Labute approximate surface area is 235 Å². The number of imidazole rings is 1. The molecule has 1 aliphatic rings. The summed E-state index contributed by atoms with van der Waals surface area (Å²) in [5.74, 6) is 1.93. The number of amides is 1. The van der Waals surface area contributed by atoms with E-state index >= 15 is 0 Å². The fraction of sp³-hybridized carbons (Fsp3) is 0.344. The van der Waals surface area contributed by atoms with Gasteiger partial charge in [0.1, 0.15) is 12.2 Å². The lowest BCUT2D eigenvalue weighted by Crippen LogP contribution is -2.42. The van der Waals surface area contributed by atoms with Crippen molar-refractivity contribution in [3.05, 3.63) is 95.1 Å². The first kappa shape index (κ1) is 27.2. The fourth-order valence-corrected chi connectivity index (χ4v) is 4.83. The Kier molecular flexibility index (Phi) is 7.78. The van der Waals surface area contributed by atoms with E-state index in [0.29, 0.717) is 36.8 Å². The monoisotopic (exact) mass is 540 g/mol. The number of carbonyl (C=O) groups is 1. The predicted molar refractivity (Wildman–Crippen MR) is 155 cm³/mol. The molecule has 40 heavy (non-hydrogen) atoms. The topological polar surface area (TPSA) is 78.2 Å². The van der Waals surface area contributed by atoms with Crippen LogP contribution in [0.25, 0.3) is 11.9 Å². The number of fused-ring (bicyclic) bond motifs is 2. The van der Waals surface area contributed by atoms with E-state index in [0.717, 1.165) is 34.4 Å². The Morgan fingerprint density at radius 1 is 1.07 bits per heavy atom. The number of hydrogen-bond donors (Lipinski definition) is 0. The lowest BCUT2D eigenvalue weighted by Gasteiger charge is -2.37. The van der Waals surface area contributed by atoms with Crippen LogP contribution in [-0.4, -0.2) is 44.6 Å². The summed E-state index contributed by atoms with van der Waals surface area (Å²) in [5.41, 5.74) is 4.54. The molecule has 0 radical (unpaired) electrons. The second-order valence-electron chi connectivity index (χ2n) is 10.9. The number of aryl methyl sites for hydroxylation is 1. The molecule has 1 unspecified atom stereocenters. The molecule has 3 heterocycles. The van der Waals surface area contributed by atoms with Gasteiger partial charge in [-0.1, -0.05) is 43.3 Å². The number of benzene rings is 2. The van der Waals surface area contributed by atoms with Gasteiger partial charge in [0.05, 0.1) is 25.0 Å². The van der Waals surface area contributed by atoms with Gasteiger partial charge in [0, 0.05) is 18.9 Å². The van der Waals surface area contributed by atoms with Crippen LogP contribution in [0.3, 0.4) is 0 Å². The fourth-order valence-electron chi connectivity index (χ4n) is 4.83. The van der Waals surface area contributed by atoms with Crippen molar-refractivity contribution in [1.82, 2.24) is 19.3 Å². The average Bonchev–Trinajstić information content (AvgIpc) is 3.35. The number of rotatable bonds is 7. The summed E-state index contributed by atoms with van der Waals surface area (Å²) in [6.07, 6.45) is 10.9. The maximum atomic E-state index is 13.4. The molecule has 2 aromatic carbocycles. The molecule has 4 aromatic rings. The minimum absolute atomic E-state index is 0.357. The van der Waals surface area contributed by atoms with Crippen LogP contribution < -0.4 is 9.47 Å². The summed E-state index contributed by atoms with van der Waals surface area (Å²) in [4.78, 5) is 24.0. The highest BCUT2D eigenvalue weighted by molar-refractivity contribution is 5.71. The molecule has 0 saturated carbocycles. The molecule has 0 bridgehead atoms. The standard InChI is InChI=1S/C32H36N4O4/c1-6-22-18-33-30-34-19-25(36(30)20-22)12-13-27-26-17-28(38-5)29(39-21-23-10-8-7-9-11-23)16-24(26)14-15-35(27)31(37)40-32(2,3)4/h7-13,16-20,27H,6,14-15,21H2,1-5H3/b13-12+. The highest BCUT2D eigenvalue weighted by Gasteiger charge is 2.33. The van der Waals surface area contributed by atoms with Gasteiger partial charge in [0.2, 0.25) is 5.78 Å². The first-order valence-corrected chi connectivity index (χ1v) is 13.6. The number of hydrogen-bond acceptors (Lipinski definition) is 6. The maximum absolute atomic E-state index is 13.4. The van der Waals surface area contributed by atoms with Crippen molar-refractivity contribution in [2.45, 2.75) is 58.8 Å². The van der Waals surface area contributed by atoms with Gasteiger partial charge < -0.3 is 14.2 Å². The zero-order valence-corrected chi connectivity index (χ0v) is 23.8. The average molecular weight is 541 g/mol. The zero-order chi connectivity index (χ0) is 28.3. The predicted octanol–water partition coefficient (Wildman–Crippen LogP) is 6.43. The van der Waals surface area contributed by atoms with Crippen LogP contribution in [0.4, 0.5) is 4.79 Å². The van der Waals surface area contributed by atoms with Crippen molar-refractivity contribution < 1.29 is 19.0 Å². The quantitative estimate of drug-likeness (QED) is 0.269. The largest absolute Gasteiger partial charge is 0.493 e. The molecule has 208 valence electrons. The Morgan fingerprint density at radius 2 is 1.85 bits per heavy atom. The number of aromatic nitrogens is 3. The van der Waals surface area contributed by atoms with Crippen LogP contribution in [0.2, 0.25) is 0 Å². The molecule has 8 heteroatoms. The van der Waals surface area contributed by atoms with E-state index < -0.39 is 5.60 Å². The van der Waals surface area contributed by atoms with Gasteiger partial charge in [-0.2, -0.15) is 0 Å². The molecule has 2 aromatic heterocycles. The van der Waals surface area contributed by atoms with E-state index in [1.54, 1.807) is 18.2 Å². The molecule has 0 spiro atoms. The third-order valence-corrected chi connectivity index (χ3v) is 6.87. The van der Waals surface area contributed by atoms with Crippen molar-refractivity contribution in [3.63, 3.8) is 0 Å². The number of methoxy groups -OCH3 is 1. The SMILES string of the molecule is CCc1cnc2ncc(/C=C/C3c4cc(OC)c(OCc5ccccc5)cc4CCN3C(=O)OC(C)(C)C)n2c1. The first-order valence-electron chi connectivity index (χ1n) is 13.6. The van der Waals surface area contributed by atoms with Gasteiger partial charge in [-0.25, -0.2) is 14.8 Å². The highest BCUT2D eigenvalue weighted by Crippen LogP contribution is 2.40. The van der Waals surface area contributed by atoms with Crippen LogP contribution in [0, 0.1) is 0 Å². The van der Waals surface area contributed by atoms with Crippen molar-refractivity contribution in [2.24, 2.45) is 0 Å². The zero-order valence-electron chi connectivity index (χ0n) is 23.8. The van der Waals surface area contributed by atoms with E-state index in [1.807, 2.05) is 86.0 Å². The van der Waals surface area contributed by atoms with E-state index in [2.05, 4.69) is 23.1 Å². The van der Waals surface area contributed by atoms with E-state index in [1.165, 1.54) is 0 Å². The molecule has 8 nitrogen and oxygen atoms in total. The second kappa shape index (κ2) is 11.4. The van der Waals surface area contributed by atoms with E-state index in [-0.39, 0.29) is 12.1 Å². The summed E-state index contributed by atoms with van der Waals surface area (Å²) < 4.78 is 19.7. The van der Waals surface area contributed by atoms with Crippen LogP contribution in [0.1, 0.15) is 61.7 Å². The van der Waals surface area contributed by atoms with Gasteiger partial charge in [-0.15, -0.1) is 0 Å². The molecule has 1 aliphatic heterocycles. The molecule has 1 atom stereocenters. The summed E-state index contributed by atoms with van der Waals surface area (Å²) >= 11 is 0. The van der Waals surface area contributed by atoms with Crippen LogP contribution >= 0.6 is 0 Å². The minimum atomic E-state index is -0.609. The molecule has 1 amide bonds. The van der Waals surface area contributed by atoms with Crippen molar-refractivity contribution >= 4 is 17.9 Å². The Bertz CT molecular complexity index is 1520. The first-order chi connectivity index (χ1) is 19.3. The van der Waals surface area contributed by atoms with Crippen LogP contribution in [-0.2, 0) is 24.2 Å². The highest BCUT2D eigenvalue weighted by atomic mass is 16.6. The summed E-state index contributed by atoms with van der Waals surface area (Å²) in [7, 11) is 1.63. The molecule has 0 N–H and O–H groups in total. The van der Waals surface area contributed by atoms with Crippen molar-refractivity contribution in [3.8, 4) is 11.5 Å². The normalized spacial score (nSPS) is 15.3. The minimum Gasteiger partial charge on any atom is -0.493 e. The summed E-state index contributed by atoms with van der Waals surface area (Å²) in [6.45, 7) is 8.68. The third-order valence-electron chi connectivity index (χ3n) is 6.87. The van der Waals surface area contributed by atoms with Crippen LogP contribution in [0.15, 0.2) is 67.1 Å². The Morgan fingerprint density at radius 3 is 2.58 bits per heavy atom. The van der Waals surface area contributed by atoms with Crippen LogP contribution in [0.5, 0.6) is 11.5 Å². The van der Waals surface area contributed by atoms with Gasteiger partial charge in [0.15, 0.2) is 11.5 Å². The van der Waals surface area contributed by atoms with Gasteiger partial charge in [-0.3, -0.25) is 9.30 Å². The third kappa shape index (κ3) is 5.96.